The van der Waals surface area contributed by atoms with E-state index in [1.807, 2.05) is 37.3 Å². The van der Waals surface area contributed by atoms with E-state index in [9.17, 15) is 9.59 Å². The molecule has 0 spiro atoms. The maximum atomic E-state index is 11.9. The molecule has 0 bridgehead atoms. The molecule has 0 saturated carbocycles. The molecule has 1 aromatic rings. The first-order valence-electron chi connectivity index (χ1n) is 5.96. The van der Waals surface area contributed by atoms with Crippen LogP contribution in [-0.2, 0) is 20.7 Å². The van der Waals surface area contributed by atoms with Gasteiger partial charge in [0.25, 0.3) is 0 Å². The Morgan fingerprint density at radius 2 is 1.83 bits per heavy atom. The van der Waals surface area contributed by atoms with E-state index >= 15 is 0 Å². The number of benzene rings is 1. The van der Waals surface area contributed by atoms with Gasteiger partial charge < -0.3 is 10.1 Å². The molecule has 98 valence electrons. The summed E-state index contributed by atoms with van der Waals surface area (Å²) in [5.74, 6) is -0.758. The fraction of sp³-hybridized carbons (Fsp3) is 0.429. The van der Waals surface area contributed by atoms with Gasteiger partial charge in [-0.3, -0.25) is 4.79 Å². The first-order chi connectivity index (χ1) is 8.54. The summed E-state index contributed by atoms with van der Waals surface area (Å²) in [5, 5.41) is 2.64. The van der Waals surface area contributed by atoms with Crippen molar-refractivity contribution < 1.29 is 14.3 Å². The maximum Gasteiger partial charge on any atom is 0.328 e. The Bertz CT molecular complexity index is 403. The van der Waals surface area contributed by atoms with Crippen LogP contribution in [0.25, 0.3) is 0 Å². The molecule has 1 N–H and O–H groups in total. The van der Waals surface area contributed by atoms with Crippen LogP contribution >= 0.6 is 0 Å². The Kier molecular flexibility index (Phi) is 5.36. The zero-order valence-electron chi connectivity index (χ0n) is 11.0. The van der Waals surface area contributed by atoms with Gasteiger partial charge in [0.1, 0.15) is 6.04 Å². The summed E-state index contributed by atoms with van der Waals surface area (Å²) in [6, 6.07) is 9.17. The minimum atomic E-state index is -0.610. The Hall–Kier alpha value is -1.84. The van der Waals surface area contributed by atoms with Gasteiger partial charge in [0.05, 0.1) is 7.11 Å². The third kappa shape index (κ3) is 4.20. The average Bonchev–Trinajstić information content (AvgIpc) is 2.38. The molecule has 1 amide bonds. The molecule has 1 aromatic carbocycles. The van der Waals surface area contributed by atoms with Crippen molar-refractivity contribution in [1.82, 2.24) is 5.32 Å². The lowest BCUT2D eigenvalue weighted by molar-refractivity contribution is -0.144. The molecule has 0 radical (unpaired) electrons. The largest absolute Gasteiger partial charge is 0.467 e. The van der Waals surface area contributed by atoms with E-state index in [1.54, 1.807) is 6.92 Å². The Morgan fingerprint density at radius 3 is 2.39 bits per heavy atom. The van der Waals surface area contributed by atoms with Crippen LogP contribution in [0, 0.1) is 5.92 Å². The molecule has 0 aliphatic carbocycles. The number of ether oxygens (including phenoxy) is 1. The highest BCUT2D eigenvalue weighted by molar-refractivity contribution is 5.85. The van der Waals surface area contributed by atoms with Gasteiger partial charge in [0.2, 0.25) is 5.91 Å². The van der Waals surface area contributed by atoms with Gasteiger partial charge in [-0.05, 0) is 18.9 Å². The van der Waals surface area contributed by atoms with Crippen molar-refractivity contribution in [2.45, 2.75) is 26.3 Å². The second-order valence-corrected chi connectivity index (χ2v) is 4.34. The van der Waals surface area contributed by atoms with Gasteiger partial charge >= 0.3 is 5.97 Å². The van der Waals surface area contributed by atoms with E-state index < -0.39 is 12.0 Å². The van der Waals surface area contributed by atoms with Crippen LogP contribution in [0.4, 0.5) is 0 Å². The van der Waals surface area contributed by atoms with Crippen LogP contribution in [0.15, 0.2) is 30.3 Å². The molecule has 2 atom stereocenters. The van der Waals surface area contributed by atoms with Crippen LogP contribution in [0.3, 0.4) is 0 Å². The van der Waals surface area contributed by atoms with Crippen molar-refractivity contribution in [3.05, 3.63) is 35.9 Å². The molecule has 0 saturated heterocycles. The third-order valence-electron chi connectivity index (χ3n) is 2.75. The molecular formula is C14H19NO3. The second-order valence-electron chi connectivity index (χ2n) is 4.34. The van der Waals surface area contributed by atoms with Crippen molar-refractivity contribution in [2.75, 3.05) is 7.11 Å². The van der Waals surface area contributed by atoms with Crippen molar-refractivity contribution >= 4 is 11.9 Å². The minimum Gasteiger partial charge on any atom is -0.467 e. The van der Waals surface area contributed by atoms with Crippen LogP contribution < -0.4 is 5.32 Å². The van der Waals surface area contributed by atoms with Gasteiger partial charge in [-0.2, -0.15) is 0 Å². The molecule has 1 rings (SSSR count). The second kappa shape index (κ2) is 6.79. The number of amides is 1. The smallest absolute Gasteiger partial charge is 0.328 e. The van der Waals surface area contributed by atoms with Gasteiger partial charge in [-0.15, -0.1) is 0 Å². The minimum absolute atomic E-state index is 0.142. The van der Waals surface area contributed by atoms with Gasteiger partial charge in [0, 0.05) is 5.92 Å². The first kappa shape index (κ1) is 14.2. The molecule has 0 fully saturated rings. The lowest BCUT2D eigenvalue weighted by Crippen LogP contribution is -2.42. The zero-order valence-corrected chi connectivity index (χ0v) is 11.0. The molecule has 18 heavy (non-hydrogen) atoms. The Labute approximate surface area is 107 Å². The maximum absolute atomic E-state index is 11.9. The lowest BCUT2D eigenvalue weighted by Gasteiger charge is -2.16. The first-order valence-corrected chi connectivity index (χ1v) is 5.96. The summed E-state index contributed by atoms with van der Waals surface area (Å²) >= 11 is 0. The van der Waals surface area contributed by atoms with E-state index in [4.69, 9.17) is 0 Å². The van der Waals surface area contributed by atoms with Crippen LogP contribution in [0.2, 0.25) is 0 Å². The summed E-state index contributed by atoms with van der Waals surface area (Å²) in [6.45, 7) is 3.45. The highest BCUT2D eigenvalue weighted by Gasteiger charge is 2.19. The van der Waals surface area contributed by atoms with Crippen molar-refractivity contribution in [2.24, 2.45) is 5.92 Å². The number of hydrogen-bond donors (Lipinski definition) is 1. The van der Waals surface area contributed by atoms with E-state index in [-0.39, 0.29) is 11.8 Å². The SMILES string of the molecule is COC(=O)C(C)NC(=O)[C@H](C)Cc1ccccc1. The topological polar surface area (TPSA) is 55.4 Å². The predicted octanol–water partition coefficient (Wildman–Crippen LogP) is 1.54. The Morgan fingerprint density at radius 1 is 1.22 bits per heavy atom. The highest BCUT2D eigenvalue weighted by atomic mass is 16.5. The van der Waals surface area contributed by atoms with Gasteiger partial charge in [0.15, 0.2) is 0 Å². The van der Waals surface area contributed by atoms with Gasteiger partial charge in [-0.1, -0.05) is 37.3 Å². The molecule has 0 aliphatic rings. The quantitative estimate of drug-likeness (QED) is 0.805. The highest BCUT2D eigenvalue weighted by Crippen LogP contribution is 2.08. The Balaban J connectivity index is 2.49. The zero-order chi connectivity index (χ0) is 13.5. The summed E-state index contributed by atoms with van der Waals surface area (Å²) in [4.78, 5) is 23.1. The number of rotatable bonds is 5. The molecule has 1 unspecified atom stereocenters. The fourth-order valence-corrected chi connectivity index (χ4v) is 1.65. The van der Waals surface area contributed by atoms with Crippen LogP contribution in [-0.4, -0.2) is 25.0 Å². The summed E-state index contributed by atoms with van der Waals surface area (Å²) in [5.41, 5.74) is 1.10. The monoisotopic (exact) mass is 249 g/mol. The lowest BCUT2D eigenvalue weighted by atomic mass is 10.0. The van der Waals surface area contributed by atoms with E-state index in [1.165, 1.54) is 7.11 Å². The number of esters is 1. The van der Waals surface area contributed by atoms with Crippen LogP contribution in [0.1, 0.15) is 19.4 Å². The average molecular weight is 249 g/mol. The van der Waals surface area contributed by atoms with Crippen molar-refractivity contribution in [3.63, 3.8) is 0 Å². The third-order valence-corrected chi connectivity index (χ3v) is 2.75. The normalized spacial score (nSPS) is 13.5. The van der Waals surface area contributed by atoms with E-state index in [2.05, 4.69) is 10.1 Å². The fourth-order valence-electron chi connectivity index (χ4n) is 1.65. The van der Waals surface area contributed by atoms with Crippen molar-refractivity contribution in [1.29, 1.82) is 0 Å². The van der Waals surface area contributed by atoms with Gasteiger partial charge in [-0.25, -0.2) is 4.79 Å². The molecule has 0 heterocycles. The molecular weight excluding hydrogens is 230 g/mol. The predicted molar refractivity (Wildman–Crippen MR) is 68.9 cm³/mol. The summed E-state index contributed by atoms with van der Waals surface area (Å²) < 4.78 is 4.56. The summed E-state index contributed by atoms with van der Waals surface area (Å²) in [6.07, 6.45) is 0.653. The number of carbonyl (C=O) groups is 2. The molecule has 4 heteroatoms. The summed E-state index contributed by atoms with van der Waals surface area (Å²) in [7, 11) is 1.30. The number of nitrogens with one attached hydrogen (secondary N) is 1. The standard InChI is InChI=1S/C14H19NO3/c1-10(9-12-7-5-4-6-8-12)13(16)15-11(2)14(17)18-3/h4-8,10-11H,9H2,1-3H3,(H,15,16)/t10-,11?/m1/s1. The van der Waals surface area contributed by atoms with Crippen molar-refractivity contribution in [3.8, 4) is 0 Å². The molecule has 0 aromatic heterocycles. The van der Waals surface area contributed by atoms with Crippen LogP contribution in [0.5, 0.6) is 0 Å². The van der Waals surface area contributed by atoms with E-state index in [0.29, 0.717) is 6.42 Å². The number of hydrogen-bond acceptors (Lipinski definition) is 3. The van der Waals surface area contributed by atoms with E-state index in [0.717, 1.165) is 5.56 Å². The number of methoxy groups -OCH3 is 1. The number of carbonyl (C=O) groups excluding carboxylic acids is 2. The molecule has 4 nitrogen and oxygen atoms in total. The molecule has 0 aliphatic heterocycles.